The summed E-state index contributed by atoms with van der Waals surface area (Å²) in [7, 11) is 0. The second-order valence-electron chi connectivity index (χ2n) is 7.16. The third-order valence-corrected chi connectivity index (χ3v) is 6.02. The van der Waals surface area contributed by atoms with E-state index in [0.29, 0.717) is 17.9 Å². The number of hydrogen-bond acceptors (Lipinski definition) is 2. The molecular weight excluding hydrogens is 236 g/mol. The Balaban J connectivity index is 1.82. The minimum absolute atomic E-state index is 0.195. The monoisotopic (exact) mass is 264 g/mol. The van der Waals surface area contributed by atoms with Gasteiger partial charge in [0.2, 0.25) is 5.91 Å². The minimum Gasteiger partial charge on any atom is -0.323 e. The molecule has 19 heavy (non-hydrogen) atoms. The van der Waals surface area contributed by atoms with Crippen LogP contribution < -0.4 is 5.32 Å². The van der Waals surface area contributed by atoms with Crippen molar-refractivity contribution in [2.24, 2.45) is 11.8 Å². The largest absolute Gasteiger partial charge is 0.323 e. The molecule has 2 saturated carbocycles. The summed E-state index contributed by atoms with van der Waals surface area (Å²) in [6, 6.07) is 0.457. The van der Waals surface area contributed by atoms with E-state index >= 15 is 0 Å². The van der Waals surface area contributed by atoms with Crippen LogP contribution in [0.5, 0.6) is 0 Å². The molecule has 3 heteroatoms. The maximum absolute atomic E-state index is 13.0. The van der Waals surface area contributed by atoms with Gasteiger partial charge in [-0.15, -0.1) is 0 Å². The van der Waals surface area contributed by atoms with Crippen molar-refractivity contribution in [3.05, 3.63) is 0 Å². The summed E-state index contributed by atoms with van der Waals surface area (Å²) < 4.78 is 0. The molecule has 1 spiro atoms. The van der Waals surface area contributed by atoms with Crippen LogP contribution in [0, 0.1) is 11.8 Å². The van der Waals surface area contributed by atoms with Crippen molar-refractivity contribution in [2.45, 2.75) is 83.5 Å². The van der Waals surface area contributed by atoms with Crippen LogP contribution in [0.4, 0.5) is 0 Å². The molecule has 1 N–H and O–H groups in total. The number of rotatable bonds is 1. The van der Waals surface area contributed by atoms with Gasteiger partial charge in [0.25, 0.3) is 0 Å². The predicted molar refractivity (Wildman–Crippen MR) is 76.6 cm³/mol. The average Bonchev–Trinajstić information content (AvgIpc) is 2.92. The highest BCUT2D eigenvalue weighted by Crippen LogP contribution is 2.41. The number of nitrogens with one attached hydrogen (secondary N) is 1. The standard InChI is InChI=1S/C16H28N2O/c1-11-7-6-8-14(12(11)2)18-13(3)17-16(15(18)19)9-4-5-10-16/h11-14,17H,4-10H2,1-3H3. The van der Waals surface area contributed by atoms with Gasteiger partial charge >= 0.3 is 0 Å². The maximum Gasteiger partial charge on any atom is 0.244 e. The smallest absolute Gasteiger partial charge is 0.244 e. The van der Waals surface area contributed by atoms with Crippen molar-refractivity contribution in [1.29, 1.82) is 0 Å². The Hall–Kier alpha value is -0.570. The van der Waals surface area contributed by atoms with Crippen LogP contribution >= 0.6 is 0 Å². The van der Waals surface area contributed by atoms with E-state index in [9.17, 15) is 4.79 Å². The van der Waals surface area contributed by atoms with Crippen LogP contribution in [-0.2, 0) is 4.79 Å². The fourth-order valence-corrected chi connectivity index (χ4v) is 4.68. The molecule has 3 rings (SSSR count). The summed E-state index contributed by atoms with van der Waals surface area (Å²) in [6.07, 6.45) is 8.52. The molecule has 0 aromatic heterocycles. The second-order valence-corrected chi connectivity index (χ2v) is 7.16. The zero-order chi connectivity index (χ0) is 13.6. The zero-order valence-electron chi connectivity index (χ0n) is 12.6. The van der Waals surface area contributed by atoms with Crippen LogP contribution in [0.3, 0.4) is 0 Å². The average molecular weight is 264 g/mol. The van der Waals surface area contributed by atoms with Crippen LogP contribution in [0.1, 0.15) is 65.7 Å². The van der Waals surface area contributed by atoms with E-state index in [1.165, 1.54) is 32.1 Å². The lowest BCUT2D eigenvalue weighted by atomic mass is 9.77. The highest BCUT2D eigenvalue weighted by atomic mass is 16.2. The molecule has 0 aromatic carbocycles. The number of amides is 1. The molecule has 1 saturated heterocycles. The number of hydrogen-bond donors (Lipinski definition) is 1. The van der Waals surface area contributed by atoms with Gasteiger partial charge in [0.1, 0.15) is 0 Å². The molecule has 4 unspecified atom stereocenters. The van der Waals surface area contributed by atoms with E-state index in [2.05, 4.69) is 31.0 Å². The highest BCUT2D eigenvalue weighted by Gasteiger charge is 2.53. The Morgan fingerprint density at radius 2 is 1.79 bits per heavy atom. The molecule has 3 aliphatic rings. The molecule has 0 aromatic rings. The first-order valence-corrected chi connectivity index (χ1v) is 8.16. The summed E-state index contributed by atoms with van der Waals surface area (Å²) >= 11 is 0. The van der Waals surface area contributed by atoms with Gasteiger partial charge in [-0.3, -0.25) is 10.1 Å². The third kappa shape index (κ3) is 2.01. The predicted octanol–water partition coefficient (Wildman–Crippen LogP) is 2.90. The van der Waals surface area contributed by atoms with E-state index in [4.69, 9.17) is 0 Å². The van der Waals surface area contributed by atoms with Gasteiger partial charge in [-0.2, -0.15) is 0 Å². The number of nitrogens with zero attached hydrogens (tertiary/aromatic N) is 1. The van der Waals surface area contributed by atoms with Gasteiger partial charge in [-0.1, -0.05) is 39.5 Å². The molecule has 108 valence electrons. The molecule has 2 aliphatic carbocycles. The molecule has 3 nitrogen and oxygen atoms in total. The lowest BCUT2D eigenvalue weighted by molar-refractivity contribution is -0.137. The van der Waals surface area contributed by atoms with E-state index in [0.717, 1.165) is 18.8 Å². The summed E-state index contributed by atoms with van der Waals surface area (Å²) in [4.78, 5) is 15.2. The lowest BCUT2D eigenvalue weighted by Crippen LogP contribution is -2.50. The van der Waals surface area contributed by atoms with E-state index in [1.807, 2.05) is 0 Å². The molecule has 4 atom stereocenters. The molecule has 1 aliphatic heterocycles. The Labute approximate surface area is 117 Å². The Bertz CT molecular complexity index is 362. The third-order valence-electron chi connectivity index (χ3n) is 6.02. The SMILES string of the molecule is CC1CCCC(N2C(=O)C3(CCCC3)NC2C)C1C. The van der Waals surface area contributed by atoms with Gasteiger partial charge in [0.05, 0.1) is 11.7 Å². The molecule has 3 fully saturated rings. The van der Waals surface area contributed by atoms with Gasteiger partial charge in [-0.25, -0.2) is 0 Å². The van der Waals surface area contributed by atoms with Crippen LogP contribution in [0.2, 0.25) is 0 Å². The first-order chi connectivity index (χ1) is 9.05. The summed E-state index contributed by atoms with van der Waals surface area (Å²) in [5, 5.41) is 3.64. The van der Waals surface area contributed by atoms with E-state index < -0.39 is 0 Å². The highest BCUT2D eigenvalue weighted by molar-refractivity contribution is 5.89. The minimum atomic E-state index is -0.195. The van der Waals surface area contributed by atoms with Gasteiger partial charge in [0.15, 0.2) is 0 Å². The summed E-state index contributed by atoms with van der Waals surface area (Å²) in [5.74, 6) is 1.79. The van der Waals surface area contributed by atoms with E-state index in [1.54, 1.807) is 0 Å². The molecule has 1 heterocycles. The number of carbonyl (C=O) groups excluding carboxylic acids is 1. The van der Waals surface area contributed by atoms with Crippen molar-refractivity contribution in [1.82, 2.24) is 10.2 Å². The summed E-state index contributed by atoms with van der Waals surface area (Å²) in [6.45, 7) is 6.87. The topological polar surface area (TPSA) is 32.3 Å². The summed E-state index contributed by atoms with van der Waals surface area (Å²) in [5.41, 5.74) is -0.195. The van der Waals surface area contributed by atoms with Crippen molar-refractivity contribution in [3.8, 4) is 0 Å². The fourth-order valence-electron chi connectivity index (χ4n) is 4.68. The fraction of sp³-hybridized carbons (Fsp3) is 0.938. The van der Waals surface area contributed by atoms with Gasteiger partial charge < -0.3 is 4.90 Å². The zero-order valence-corrected chi connectivity index (χ0v) is 12.6. The van der Waals surface area contributed by atoms with E-state index in [-0.39, 0.29) is 11.7 Å². The molecular formula is C16H28N2O. The normalized spacial score (nSPS) is 42.3. The second kappa shape index (κ2) is 4.76. The molecule has 1 amide bonds. The van der Waals surface area contributed by atoms with Crippen molar-refractivity contribution in [3.63, 3.8) is 0 Å². The maximum atomic E-state index is 13.0. The van der Waals surface area contributed by atoms with Crippen LogP contribution in [0.25, 0.3) is 0 Å². The van der Waals surface area contributed by atoms with Crippen molar-refractivity contribution in [2.75, 3.05) is 0 Å². The Kier molecular flexibility index (Phi) is 3.36. The Morgan fingerprint density at radius 3 is 2.47 bits per heavy atom. The van der Waals surface area contributed by atoms with Crippen molar-refractivity contribution >= 4 is 5.91 Å². The van der Waals surface area contributed by atoms with Crippen LogP contribution in [0.15, 0.2) is 0 Å². The first-order valence-electron chi connectivity index (χ1n) is 8.16. The quantitative estimate of drug-likeness (QED) is 0.790. The Morgan fingerprint density at radius 1 is 1.11 bits per heavy atom. The lowest BCUT2D eigenvalue weighted by Gasteiger charge is -2.41. The molecule has 0 radical (unpaired) electrons. The first kappa shape index (κ1) is 13.4. The molecule has 0 bridgehead atoms. The van der Waals surface area contributed by atoms with Gasteiger partial charge in [0, 0.05) is 6.04 Å². The van der Waals surface area contributed by atoms with Crippen molar-refractivity contribution < 1.29 is 4.79 Å². The van der Waals surface area contributed by atoms with Gasteiger partial charge in [-0.05, 0) is 38.0 Å². The number of carbonyl (C=O) groups is 1. The van der Waals surface area contributed by atoms with Crippen LogP contribution in [-0.4, -0.2) is 28.6 Å².